The molecule has 0 fully saturated rings. The molecule has 2 rings (SSSR count). The number of hydrogen-bond acceptors (Lipinski definition) is 4. The number of carboxylic acids is 1. The second-order valence-electron chi connectivity index (χ2n) is 4.09. The van der Waals surface area contributed by atoms with Crippen LogP contribution in [0.25, 0.3) is 11.3 Å². The Morgan fingerprint density at radius 3 is 2.95 bits per heavy atom. The minimum absolute atomic E-state index is 0.00130. The summed E-state index contributed by atoms with van der Waals surface area (Å²) in [6.07, 6.45) is 0.861. The summed E-state index contributed by atoms with van der Waals surface area (Å²) in [5.74, 6) is -0.930. The monoisotopic (exact) mass is 277 g/mol. The molecule has 0 aliphatic carbocycles. The maximum Gasteiger partial charge on any atom is 0.335 e. The Bertz CT molecular complexity index is 576. The van der Waals surface area contributed by atoms with Crippen molar-refractivity contribution in [2.24, 2.45) is 0 Å². The van der Waals surface area contributed by atoms with Gasteiger partial charge >= 0.3 is 5.97 Å². The van der Waals surface area contributed by atoms with Gasteiger partial charge in [0.25, 0.3) is 0 Å². The predicted molar refractivity (Wildman–Crippen MR) is 74.6 cm³/mol. The van der Waals surface area contributed by atoms with E-state index in [1.54, 1.807) is 25.3 Å². The molecule has 0 radical (unpaired) electrons. The van der Waals surface area contributed by atoms with Crippen LogP contribution in [0.5, 0.6) is 0 Å². The van der Waals surface area contributed by atoms with Crippen molar-refractivity contribution in [3.05, 3.63) is 40.2 Å². The van der Waals surface area contributed by atoms with Crippen molar-refractivity contribution >= 4 is 17.3 Å². The SMILES string of the molecule is CCC(OC)c1nc(-c2cccc(C(=O)O)c2)cs1. The first-order chi connectivity index (χ1) is 9.15. The Morgan fingerprint density at radius 1 is 1.53 bits per heavy atom. The van der Waals surface area contributed by atoms with Crippen LogP contribution in [0.15, 0.2) is 29.6 Å². The van der Waals surface area contributed by atoms with Crippen molar-refractivity contribution in [2.45, 2.75) is 19.4 Å². The maximum absolute atomic E-state index is 11.0. The summed E-state index contributed by atoms with van der Waals surface area (Å²) in [6, 6.07) is 6.79. The number of carbonyl (C=O) groups is 1. The van der Waals surface area contributed by atoms with Gasteiger partial charge in [0.1, 0.15) is 11.1 Å². The Labute approximate surface area is 115 Å². The number of hydrogen-bond donors (Lipinski definition) is 1. The molecule has 2 aromatic rings. The third kappa shape index (κ3) is 3.00. The Morgan fingerprint density at radius 2 is 2.32 bits per heavy atom. The van der Waals surface area contributed by atoms with E-state index in [9.17, 15) is 4.79 Å². The van der Waals surface area contributed by atoms with Crippen molar-refractivity contribution in [1.29, 1.82) is 0 Å². The topological polar surface area (TPSA) is 59.4 Å². The van der Waals surface area contributed by atoms with Crippen molar-refractivity contribution in [2.75, 3.05) is 7.11 Å². The molecule has 0 amide bonds. The Hall–Kier alpha value is -1.72. The van der Waals surface area contributed by atoms with Crippen molar-refractivity contribution < 1.29 is 14.6 Å². The van der Waals surface area contributed by atoms with Crippen LogP contribution < -0.4 is 0 Å². The first-order valence-corrected chi connectivity index (χ1v) is 6.85. The second-order valence-corrected chi connectivity index (χ2v) is 4.98. The average molecular weight is 277 g/mol. The average Bonchev–Trinajstić information content (AvgIpc) is 2.90. The number of nitrogens with zero attached hydrogens (tertiary/aromatic N) is 1. The van der Waals surface area contributed by atoms with E-state index in [4.69, 9.17) is 9.84 Å². The van der Waals surface area contributed by atoms with Crippen molar-refractivity contribution in [1.82, 2.24) is 4.98 Å². The summed E-state index contributed by atoms with van der Waals surface area (Å²) in [5, 5.41) is 11.8. The van der Waals surface area contributed by atoms with Crippen LogP contribution in [-0.2, 0) is 4.74 Å². The summed E-state index contributed by atoms with van der Waals surface area (Å²) in [7, 11) is 1.67. The lowest BCUT2D eigenvalue weighted by Gasteiger charge is -2.08. The molecule has 4 nitrogen and oxygen atoms in total. The van der Waals surface area contributed by atoms with Gasteiger partial charge < -0.3 is 9.84 Å². The molecule has 0 bridgehead atoms. The first-order valence-electron chi connectivity index (χ1n) is 5.97. The van der Waals surface area contributed by atoms with E-state index in [-0.39, 0.29) is 11.7 Å². The maximum atomic E-state index is 11.0. The lowest BCUT2D eigenvalue weighted by atomic mass is 10.1. The molecule has 1 heterocycles. The highest BCUT2D eigenvalue weighted by Crippen LogP contribution is 2.28. The van der Waals surface area contributed by atoms with E-state index in [0.29, 0.717) is 0 Å². The molecule has 1 aromatic carbocycles. The summed E-state index contributed by atoms with van der Waals surface area (Å²) in [6.45, 7) is 2.04. The van der Waals surface area contributed by atoms with Gasteiger partial charge in [-0.25, -0.2) is 9.78 Å². The van der Waals surface area contributed by atoms with Crippen LogP contribution in [0, 0.1) is 0 Å². The normalized spacial score (nSPS) is 12.3. The summed E-state index contributed by atoms with van der Waals surface area (Å²) >= 11 is 1.53. The fraction of sp³-hybridized carbons (Fsp3) is 0.286. The molecule has 1 unspecified atom stereocenters. The van der Waals surface area contributed by atoms with Crippen LogP contribution in [-0.4, -0.2) is 23.2 Å². The summed E-state index contributed by atoms with van der Waals surface area (Å²) in [5.41, 5.74) is 1.87. The zero-order chi connectivity index (χ0) is 13.8. The lowest BCUT2D eigenvalue weighted by molar-refractivity contribution is 0.0697. The van der Waals surface area contributed by atoms with Gasteiger partial charge in [-0.15, -0.1) is 11.3 Å². The molecule has 0 saturated heterocycles. The molecule has 0 aliphatic heterocycles. The van der Waals surface area contributed by atoms with Crippen LogP contribution in [0.2, 0.25) is 0 Å². The van der Waals surface area contributed by atoms with E-state index < -0.39 is 5.97 Å². The highest BCUT2D eigenvalue weighted by Gasteiger charge is 2.14. The Balaban J connectivity index is 2.32. The van der Waals surface area contributed by atoms with E-state index in [0.717, 1.165) is 22.7 Å². The van der Waals surface area contributed by atoms with E-state index in [1.165, 1.54) is 11.3 Å². The number of methoxy groups -OCH3 is 1. The zero-order valence-corrected chi connectivity index (χ0v) is 11.6. The third-order valence-corrected chi connectivity index (χ3v) is 3.79. The highest BCUT2D eigenvalue weighted by atomic mass is 32.1. The highest BCUT2D eigenvalue weighted by molar-refractivity contribution is 7.10. The molecule has 0 spiro atoms. The number of rotatable bonds is 5. The van der Waals surface area contributed by atoms with Gasteiger partial charge in [-0.05, 0) is 18.6 Å². The molecule has 19 heavy (non-hydrogen) atoms. The van der Waals surface area contributed by atoms with Crippen LogP contribution in [0.1, 0.15) is 34.8 Å². The van der Waals surface area contributed by atoms with Gasteiger partial charge in [-0.1, -0.05) is 19.1 Å². The van der Waals surface area contributed by atoms with Gasteiger partial charge in [-0.3, -0.25) is 0 Å². The van der Waals surface area contributed by atoms with E-state index >= 15 is 0 Å². The number of carboxylic acid groups (broad SMARTS) is 1. The molecule has 1 aromatic heterocycles. The number of aromatic carboxylic acids is 1. The largest absolute Gasteiger partial charge is 0.478 e. The molecule has 0 aliphatic rings. The minimum atomic E-state index is -0.930. The minimum Gasteiger partial charge on any atom is -0.478 e. The van der Waals surface area contributed by atoms with Gasteiger partial charge in [0.05, 0.1) is 11.3 Å². The van der Waals surface area contributed by atoms with Gasteiger partial charge in [-0.2, -0.15) is 0 Å². The first kappa shape index (κ1) is 13.7. The van der Waals surface area contributed by atoms with Crippen LogP contribution >= 0.6 is 11.3 Å². The predicted octanol–water partition coefficient (Wildman–Crippen LogP) is 3.61. The molecule has 100 valence electrons. The summed E-state index contributed by atoms with van der Waals surface area (Å²) < 4.78 is 5.35. The molecule has 5 heteroatoms. The zero-order valence-electron chi connectivity index (χ0n) is 10.8. The molecular weight excluding hydrogens is 262 g/mol. The van der Waals surface area contributed by atoms with Crippen molar-refractivity contribution in [3.8, 4) is 11.3 Å². The quantitative estimate of drug-likeness (QED) is 0.907. The van der Waals surface area contributed by atoms with E-state index in [2.05, 4.69) is 4.98 Å². The van der Waals surface area contributed by atoms with E-state index in [1.807, 2.05) is 18.4 Å². The van der Waals surface area contributed by atoms with Crippen LogP contribution in [0.4, 0.5) is 0 Å². The fourth-order valence-electron chi connectivity index (χ4n) is 1.82. The molecule has 1 N–H and O–H groups in total. The fourth-order valence-corrected chi connectivity index (χ4v) is 2.81. The summed E-state index contributed by atoms with van der Waals surface area (Å²) in [4.78, 5) is 15.5. The lowest BCUT2D eigenvalue weighted by Crippen LogP contribution is -1.99. The molecule has 1 atom stereocenters. The number of thiazole rings is 1. The number of benzene rings is 1. The number of aromatic nitrogens is 1. The number of ether oxygens (including phenoxy) is 1. The van der Waals surface area contributed by atoms with Gasteiger partial charge in [0.2, 0.25) is 0 Å². The standard InChI is InChI=1S/C14H15NO3S/c1-3-12(18-2)13-15-11(8-19-13)9-5-4-6-10(7-9)14(16)17/h4-8,12H,3H2,1-2H3,(H,16,17). The molecular formula is C14H15NO3S. The van der Waals surface area contributed by atoms with Crippen molar-refractivity contribution in [3.63, 3.8) is 0 Å². The molecule has 0 saturated carbocycles. The van der Waals surface area contributed by atoms with Crippen LogP contribution in [0.3, 0.4) is 0 Å². The third-order valence-electron chi connectivity index (χ3n) is 2.86. The Kier molecular flexibility index (Phi) is 4.29. The second kappa shape index (κ2) is 5.95. The smallest absolute Gasteiger partial charge is 0.335 e. The van der Waals surface area contributed by atoms with Gasteiger partial charge in [0.15, 0.2) is 0 Å². The van der Waals surface area contributed by atoms with Gasteiger partial charge in [0, 0.05) is 18.1 Å².